The molecule has 1 aliphatic carbocycles. The summed E-state index contributed by atoms with van der Waals surface area (Å²) in [7, 11) is 0. The van der Waals surface area contributed by atoms with Crippen LogP contribution in [-0.4, -0.2) is 12.5 Å². The molecule has 0 fully saturated rings. The second-order valence-electron chi connectivity index (χ2n) is 2.41. The fraction of sp³-hybridized carbons (Fsp3) is 0.375. The van der Waals surface area contributed by atoms with Gasteiger partial charge in [0.25, 0.3) is 0 Å². The first-order valence-corrected chi connectivity index (χ1v) is 3.70. The lowest BCUT2D eigenvalue weighted by molar-refractivity contribution is 0.805. The van der Waals surface area contributed by atoms with E-state index in [9.17, 15) is 0 Å². The van der Waals surface area contributed by atoms with Crippen molar-refractivity contribution in [2.45, 2.75) is 12.8 Å². The Labute approximate surface area is 66.7 Å². The molecule has 0 aliphatic heterocycles. The zero-order valence-corrected chi connectivity index (χ0v) is 6.51. The van der Waals surface area contributed by atoms with Gasteiger partial charge >= 0.3 is 0 Å². The molecule has 0 aromatic rings. The second kappa shape index (κ2) is 3.81. The molecule has 1 aliphatic rings. The highest BCUT2D eigenvalue weighted by molar-refractivity contribution is 5.79. The molecule has 0 spiro atoms. The lowest BCUT2D eigenvalue weighted by Gasteiger charge is -2.15. The summed E-state index contributed by atoms with van der Waals surface area (Å²) in [5.41, 5.74) is 6.70. The first kappa shape index (κ1) is 7.85. The number of nitrogens with zero attached hydrogens (tertiary/aromatic N) is 1. The third-order valence-corrected chi connectivity index (χ3v) is 1.48. The van der Waals surface area contributed by atoms with E-state index in [1.807, 2.05) is 0 Å². The van der Waals surface area contributed by atoms with E-state index in [4.69, 9.17) is 5.73 Å². The zero-order chi connectivity index (χ0) is 8.10. The van der Waals surface area contributed by atoms with Crippen molar-refractivity contribution in [3.63, 3.8) is 0 Å². The van der Waals surface area contributed by atoms with Crippen molar-refractivity contribution in [1.82, 2.24) is 5.32 Å². The third kappa shape index (κ3) is 2.45. The molecular formula is C8H13N3. The van der Waals surface area contributed by atoms with Gasteiger partial charge in [-0.05, 0) is 12.8 Å². The number of allylic oxidation sites excluding steroid dienone is 2. The smallest absolute Gasteiger partial charge is 0.193 e. The van der Waals surface area contributed by atoms with Gasteiger partial charge < -0.3 is 11.1 Å². The van der Waals surface area contributed by atoms with Gasteiger partial charge in [0.05, 0.1) is 6.54 Å². The predicted molar refractivity (Wildman–Crippen MR) is 47.1 cm³/mol. The van der Waals surface area contributed by atoms with Crippen molar-refractivity contribution in [3.8, 4) is 0 Å². The fourth-order valence-electron chi connectivity index (χ4n) is 0.769. The molecule has 0 radical (unpaired) electrons. The molecule has 60 valence electrons. The molecule has 0 bridgehead atoms. The average molecular weight is 151 g/mol. The van der Waals surface area contributed by atoms with Crippen molar-refractivity contribution in [1.29, 1.82) is 0 Å². The molecule has 11 heavy (non-hydrogen) atoms. The number of guanidine groups is 1. The highest BCUT2D eigenvalue weighted by atomic mass is 15.1. The van der Waals surface area contributed by atoms with Crippen LogP contribution >= 0.6 is 0 Å². The normalized spacial score (nSPS) is 16.7. The van der Waals surface area contributed by atoms with Crippen molar-refractivity contribution >= 4 is 5.96 Å². The Bertz CT molecular complexity index is 203. The Hall–Kier alpha value is -1.25. The molecule has 3 N–H and O–H groups in total. The van der Waals surface area contributed by atoms with Crippen LogP contribution in [0.15, 0.2) is 29.4 Å². The predicted octanol–water partition coefficient (Wildman–Crippen LogP) is 0.754. The molecule has 1 rings (SSSR count). The summed E-state index contributed by atoms with van der Waals surface area (Å²) in [6.07, 6.45) is 6.06. The molecular weight excluding hydrogens is 138 g/mol. The molecule has 3 nitrogen and oxygen atoms in total. The molecule has 0 unspecified atom stereocenters. The Morgan fingerprint density at radius 2 is 2.64 bits per heavy atom. The topological polar surface area (TPSA) is 50.4 Å². The lowest BCUT2D eigenvalue weighted by Crippen LogP contribution is -2.32. The van der Waals surface area contributed by atoms with E-state index in [0.29, 0.717) is 12.5 Å². The molecule has 0 heterocycles. The molecule has 0 atom stereocenters. The minimum Gasteiger partial charge on any atom is -0.370 e. The maximum Gasteiger partial charge on any atom is 0.193 e. The summed E-state index contributed by atoms with van der Waals surface area (Å²) in [6, 6.07) is 0. The molecule has 3 heteroatoms. The average Bonchev–Trinajstić information content (AvgIpc) is 1.93. The van der Waals surface area contributed by atoms with Gasteiger partial charge in [-0.25, -0.2) is 4.99 Å². The van der Waals surface area contributed by atoms with Gasteiger partial charge in [-0.1, -0.05) is 12.2 Å². The van der Waals surface area contributed by atoms with Crippen molar-refractivity contribution in [3.05, 3.63) is 24.4 Å². The van der Waals surface area contributed by atoms with Crippen LogP contribution in [0, 0.1) is 0 Å². The number of hydrogen-bond donors (Lipinski definition) is 2. The van der Waals surface area contributed by atoms with Gasteiger partial charge in [-0.15, -0.1) is 6.58 Å². The summed E-state index contributed by atoms with van der Waals surface area (Å²) < 4.78 is 0. The summed E-state index contributed by atoms with van der Waals surface area (Å²) in [6.45, 7) is 4.12. The van der Waals surface area contributed by atoms with Crippen LogP contribution in [0.4, 0.5) is 0 Å². The number of rotatable bonds is 3. The SMILES string of the molecule is C=CCN=C(N)NC1=CCC1. The summed E-state index contributed by atoms with van der Waals surface area (Å²) >= 11 is 0. The van der Waals surface area contributed by atoms with E-state index in [0.717, 1.165) is 12.8 Å². The number of nitrogens with two attached hydrogens (primary N) is 1. The van der Waals surface area contributed by atoms with Gasteiger partial charge in [-0.3, -0.25) is 0 Å². The second-order valence-corrected chi connectivity index (χ2v) is 2.41. The van der Waals surface area contributed by atoms with E-state index in [1.165, 1.54) is 5.70 Å². The highest BCUT2D eigenvalue weighted by Crippen LogP contribution is 2.13. The molecule has 0 aromatic carbocycles. The van der Waals surface area contributed by atoms with Crippen LogP contribution in [0.5, 0.6) is 0 Å². The quantitative estimate of drug-likeness (QED) is 0.355. The van der Waals surface area contributed by atoms with Crippen LogP contribution in [0.1, 0.15) is 12.8 Å². The zero-order valence-electron chi connectivity index (χ0n) is 6.51. The third-order valence-electron chi connectivity index (χ3n) is 1.48. The lowest BCUT2D eigenvalue weighted by atomic mass is 10.1. The number of nitrogens with one attached hydrogen (secondary N) is 1. The first-order chi connectivity index (χ1) is 5.33. The maximum absolute atomic E-state index is 5.52. The fourth-order valence-corrected chi connectivity index (χ4v) is 0.769. The Balaban J connectivity index is 2.29. The van der Waals surface area contributed by atoms with E-state index in [2.05, 4.69) is 23.0 Å². The van der Waals surface area contributed by atoms with Crippen LogP contribution in [0.3, 0.4) is 0 Å². The van der Waals surface area contributed by atoms with Gasteiger partial charge in [-0.2, -0.15) is 0 Å². The maximum atomic E-state index is 5.52. The van der Waals surface area contributed by atoms with Crippen molar-refractivity contribution in [2.24, 2.45) is 10.7 Å². The minimum atomic E-state index is 0.482. The van der Waals surface area contributed by atoms with Gasteiger partial charge in [0, 0.05) is 5.70 Å². The number of aliphatic imine (C=N–C) groups is 1. The van der Waals surface area contributed by atoms with E-state index in [-0.39, 0.29) is 0 Å². The van der Waals surface area contributed by atoms with E-state index >= 15 is 0 Å². The molecule has 0 amide bonds. The summed E-state index contributed by atoms with van der Waals surface area (Å²) in [4.78, 5) is 3.99. The minimum absolute atomic E-state index is 0.482. The Morgan fingerprint density at radius 1 is 1.91 bits per heavy atom. The molecule has 0 saturated carbocycles. The van der Waals surface area contributed by atoms with Gasteiger partial charge in [0.1, 0.15) is 0 Å². The Morgan fingerprint density at radius 3 is 3.09 bits per heavy atom. The largest absolute Gasteiger partial charge is 0.370 e. The molecule has 0 saturated heterocycles. The van der Waals surface area contributed by atoms with Crippen LogP contribution in [-0.2, 0) is 0 Å². The Kier molecular flexibility index (Phi) is 2.72. The van der Waals surface area contributed by atoms with Gasteiger partial charge in [0.2, 0.25) is 0 Å². The van der Waals surface area contributed by atoms with Crippen molar-refractivity contribution < 1.29 is 0 Å². The van der Waals surface area contributed by atoms with Crippen LogP contribution < -0.4 is 11.1 Å². The van der Waals surface area contributed by atoms with E-state index < -0.39 is 0 Å². The number of hydrogen-bond acceptors (Lipinski definition) is 1. The molecule has 0 aromatic heterocycles. The van der Waals surface area contributed by atoms with Gasteiger partial charge in [0.15, 0.2) is 5.96 Å². The standard InChI is InChI=1S/C8H13N3/c1-2-6-10-8(9)11-7-4-3-5-7/h2,4H,1,3,5-6H2,(H3,9,10,11). The summed E-state index contributed by atoms with van der Waals surface area (Å²) in [5.74, 6) is 0.482. The first-order valence-electron chi connectivity index (χ1n) is 3.70. The highest BCUT2D eigenvalue weighted by Gasteiger charge is 2.04. The van der Waals surface area contributed by atoms with Crippen LogP contribution in [0.2, 0.25) is 0 Å². The van der Waals surface area contributed by atoms with Crippen LogP contribution in [0.25, 0.3) is 0 Å². The monoisotopic (exact) mass is 151 g/mol. The van der Waals surface area contributed by atoms with Crippen molar-refractivity contribution in [2.75, 3.05) is 6.54 Å². The summed E-state index contributed by atoms with van der Waals surface area (Å²) in [5, 5.41) is 2.99. The van der Waals surface area contributed by atoms with E-state index in [1.54, 1.807) is 6.08 Å².